The van der Waals surface area contributed by atoms with Crippen molar-refractivity contribution in [2.75, 3.05) is 6.54 Å². The summed E-state index contributed by atoms with van der Waals surface area (Å²) >= 11 is 0. The molecule has 100 valence electrons. The molecule has 0 bridgehead atoms. The van der Waals surface area contributed by atoms with Gasteiger partial charge in [0.05, 0.1) is 5.69 Å². The van der Waals surface area contributed by atoms with E-state index in [1.807, 2.05) is 0 Å². The zero-order valence-corrected chi connectivity index (χ0v) is 11.7. The summed E-state index contributed by atoms with van der Waals surface area (Å²) in [6.45, 7) is 6.04. The van der Waals surface area contributed by atoms with Crippen LogP contribution in [0.25, 0.3) is 11.1 Å². The predicted molar refractivity (Wildman–Crippen MR) is 78.2 cm³/mol. The van der Waals surface area contributed by atoms with Gasteiger partial charge in [-0.15, -0.1) is 0 Å². The third-order valence-electron chi connectivity index (χ3n) is 4.09. The average molecular weight is 255 g/mol. The number of nitrogens with zero attached hydrogens (tertiary/aromatic N) is 2. The van der Waals surface area contributed by atoms with Crippen molar-refractivity contribution >= 4 is 0 Å². The Balaban J connectivity index is 2.14. The molecular formula is C16H21N3. The van der Waals surface area contributed by atoms with Crippen LogP contribution in [0.3, 0.4) is 0 Å². The Morgan fingerprint density at radius 1 is 1.26 bits per heavy atom. The van der Waals surface area contributed by atoms with Gasteiger partial charge >= 0.3 is 0 Å². The standard InChI is InChI=1S/C16H21N3/c1-11-5-6-13(10-12(11)2)16-14(7-8-17)18-19-9-3-4-15(16)19/h5-6,10H,3-4,7-9,17H2,1-2H3. The third kappa shape index (κ3) is 2.08. The lowest BCUT2D eigenvalue weighted by Gasteiger charge is -2.07. The molecule has 3 nitrogen and oxygen atoms in total. The summed E-state index contributed by atoms with van der Waals surface area (Å²) < 4.78 is 2.18. The molecule has 0 saturated heterocycles. The van der Waals surface area contributed by atoms with Gasteiger partial charge in [0.15, 0.2) is 0 Å². The summed E-state index contributed by atoms with van der Waals surface area (Å²) in [5, 5.41) is 4.75. The van der Waals surface area contributed by atoms with Gasteiger partial charge in [0.25, 0.3) is 0 Å². The van der Waals surface area contributed by atoms with Gasteiger partial charge in [-0.2, -0.15) is 5.10 Å². The first-order valence-corrected chi connectivity index (χ1v) is 7.07. The number of hydrogen-bond acceptors (Lipinski definition) is 2. The van der Waals surface area contributed by atoms with Crippen molar-refractivity contribution in [2.45, 2.75) is 39.7 Å². The summed E-state index contributed by atoms with van der Waals surface area (Å²) in [6.07, 6.45) is 3.21. The zero-order chi connectivity index (χ0) is 13.4. The Bertz CT molecular complexity index is 611. The minimum absolute atomic E-state index is 0.661. The molecule has 1 aliphatic rings. The predicted octanol–water partition coefficient (Wildman–Crippen LogP) is 2.61. The highest BCUT2D eigenvalue weighted by molar-refractivity contribution is 5.70. The maximum absolute atomic E-state index is 5.73. The van der Waals surface area contributed by atoms with Crippen LogP contribution in [0.5, 0.6) is 0 Å². The van der Waals surface area contributed by atoms with Gasteiger partial charge in [-0.25, -0.2) is 0 Å². The SMILES string of the molecule is Cc1ccc(-c2c(CCN)nn3c2CCC3)cc1C. The molecular weight excluding hydrogens is 234 g/mol. The molecule has 0 fully saturated rings. The minimum atomic E-state index is 0.661. The van der Waals surface area contributed by atoms with Gasteiger partial charge in [-0.05, 0) is 49.9 Å². The van der Waals surface area contributed by atoms with Crippen LogP contribution in [-0.4, -0.2) is 16.3 Å². The fraction of sp³-hybridized carbons (Fsp3) is 0.438. The first-order valence-electron chi connectivity index (χ1n) is 7.07. The summed E-state index contributed by atoms with van der Waals surface area (Å²) in [7, 11) is 0. The number of hydrogen-bond donors (Lipinski definition) is 1. The van der Waals surface area contributed by atoms with Gasteiger partial charge in [-0.1, -0.05) is 18.2 Å². The van der Waals surface area contributed by atoms with Gasteiger partial charge in [0, 0.05) is 24.2 Å². The average Bonchev–Trinajstić information content (AvgIpc) is 2.93. The molecule has 3 heteroatoms. The molecule has 19 heavy (non-hydrogen) atoms. The number of aryl methyl sites for hydroxylation is 3. The second-order valence-electron chi connectivity index (χ2n) is 5.43. The monoisotopic (exact) mass is 255 g/mol. The van der Waals surface area contributed by atoms with Crippen molar-refractivity contribution in [1.29, 1.82) is 0 Å². The van der Waals surface area contributed by atoms with E-state index in [0.717, 1.165) is 19.4 Å². The Morgan fingerprint density at radius 2 is 2.11 bits per heavy atom. The van der Waals surface area contributed by atoms with E-state index >= 15 is 0 Å². The summed E-state index contributed by atoms with van der Waals surface area (Å²) in [6, 6.07) is 6.71. The highest BCUT2D eigenvalue weighted by Crippen LogP contribution is 2.33. The summed E-state index contributed by atoms with van der Waals surface area (Å²) in [5.74, 6) is 0. The van der Waals surface area contributed by atoms with E-state index in [4.69, 9.17) is 10.8 Å². The first-order chi connectivity index (χ1) is 9.20. The van der Waals surface area contributed by atoms with E-state index in [-0.39, 0.29) is 0 Å². The van der Waals surface area contributed by atoms with Crippen LogP contribution in [0.1, 0.15) is 28.9 Å². The molecule has 0 saturated carbocycles. The third-order valence-corrected chi connectivity index (χ3v) is 4.09. The molecule has 2 N–H and O–H groups in total. The molecule has 3 rings (SSSR count). The molecule has 0 radical (unpaired) electrons. The lowest BCUT2D eigenvalue weighted by molar-refractivity contribution is 0.643. The number of fused-ring (bicyclic) bond motifs is 1. The topological polar surface area (TPSA) is 43.8 Å². The van der Waals surface area contributed by atoms with Crippen molar-refractivity contribution in [3.05, 3.63) is 40.7 Å². The van der Waals surface area contributed by atoms with E-state index in [1.165, 1.54) is 40.1 Å². The molecule has 0 unspecified atom stereocenters. The lowest BCUT2D eigenvalue weighted by Crippen LogP contribution is -2.05. The highest BCUT2D eigenvalue weighted by atomic mass is 15.3. The molecule has 0 atom stereocenters. The maximum Gasteiger partial charge on any atom is 0.0718 e. The number of nitrogens with two attached hydrogens (primary N) is 1. The first kappa shape index (κ1) is 12.4. The van der Waals surface area contributed by atoms with Crippen LogP contribution >= 0.6 is 0 Å². The molecule has 0 spiro atoms. The Kier molecular flexibility index (Phi) is 3.15. The van der Waals surface area contributed by atoms with Crippen molar-refractivity contribution in [3.63, 3.8) is 0 Å². The number of aromatic nitrogens is 2. The largest absolute Gasteiger partial charge is 0.330 e. The van der Waals surface area contributed by atoms with Crippen LogP contribution < -0.4 is 5.73 Å². The van der Waals surface area contributed by atoms with Crippen LogP contribution in [-0.2, 0) is 19.4 Å². The molecule has 1 aromatic heterocycles. The molecule has 1 aliphatic heterocycles. The van der Waals surface area contributed by atoms with E-state index in [2.05, 4.69) is 36.7 Å². The molecule has 0 aliphatic carbocycles. The molecule has 0 amide bonds. The molecule has 2 heterocycles. The lowest BCUT2D eigenvalue weighted by atomic mass is 9.97. The molecule has 2 aromatic rings. The van der Waals surface area contributed by atoms with Gasteiger partial charge in [0.1, 0.15) is 0 Å². The normalized spacial score (nSPS) is 13.8. The highest BCUT2D eigenvalue weighted by Gasteiger charge is 2.22. The smallest absolute Gasteiger partial charge is 0.0718 e. The Morgan fingerprint density at radius 3 is 2.84 bits per heavy atom. The van der Waals surface area contributed by atoms with E-state index in [9.17, 15) is 0 Å². The quantitative estimate of drug-likeness (QED) is 0.916. The molecule has 1 aromatic carbocycles. The van der Waals surface area contributed by atoms with Crippen LogP contribution in [0.15, 0.2) is 18.2 Å². The van der Waals surface area contributed by atoms with Crippen molar-refractivity contribution in [1.82, 2.24) is 9.78 Å². The fourth-order valence-corrected chi connectivity index (χ4v) is 2.93. The van der Waals surface area contributed by atoms with Crippen molar-refractivity contribution in [3.8, 4) is 11.1 Å². The van der Waals surface area contributed by atoms with Gasteiger partial charge in [0.2, 0.25) is 0 Å². The van der Waals surface area contributed by atoms with Crippen LogP contribution in [0, 0.1) is 13.8 Å². The van der Waals surface area contributed by atoms with Crippen molar-refractivity contribution in [2.24, 2.45) is 5.73 Å². The van der Waals surface area contributed by atoms with E-state index in [1.54, 1.807) is 0 Å². The number of benzene rings is 1. The minimum Gasteiger partial charge on any atom is -0.330 e. The van der Waals surface area contributed by atoms with E-state index in [0.29, 0.717) is 6.54 Å². The maximum atomic E-state index is 5.73. The summed E-state index contributed by atoms with van der Waals surface area (Å²) in [4.78, 5) is 0. The van der Waals surface area contributed by atoms with Crippen molar-refractivity contribution < 1.29 is 0 Å². The fourth-order valence-electron chi connectivity index (χ4n) is 2.93. The van der Waals surface area contributed by atoms with E-state index < -0.39 is 0 Å². The second-order valence-corrected chi connectivity index (χ2v) is 5.43. The van der Waals surface area contributed by atoms with Crippen LogP contribution in [0.2, 0.25) is 0 Å². The number of rotatable bonds is 3. The van der Waals surface area contributed by atoms with Gasteiger partial charge < -0.3 is 5.73 Å². The zero-order valence-electron chi connectivity index (χ0n) is 11.7. The Hall–Kier alpha value is -1.61. The van der Waals surface area contributed by atoms with Crippen LogP contribution in [0.4, 0.5) is 0 Å². The summed E-state index contributed by atoms with van der Waals surface area (Å²) in [5.41, 5.74) is 13.6. The Labute approximate surface area is 114 Å². The second kappa shape index (κ2) is 4.82. The van der Waals surface area contributed by atoms with Gasteiger partial charge in [-0.3, -0.25) is 4.68 Å².